The third-order valence-electron chi connectivity index (χ3n) is 4.44. The van der Waals surface area contributed by atoms with Crippen LogP contribution >= 0.6 is 11.6 Å². The van der Waals surface area contributed by atoms with Gasteiger partial charge in [0, 0.05) is 37.3 Å². The lowest BCUT2D eigenvalue weighted by molar-refractivity contribution is 0.0724. The number of carbonyl (C=O) groups is 1. The summed E-state index contributed by atoms with van der Waals surface area (Å²) in [6.07, 6.45) is 2.96. The summed E-state index contributed by atoms with van der Waals surface area (Å²) in [4.78, 5) is 31.0. The molecule has 3 aromatic heterocycles. The number of rotatable bonds is 2. The summed E-state index contributed by atoms with van der Waals surface area (Å²) < 4.78 is 1.75. The minimum Gasteiger partial charge on any atom is -0.333 e. The number of aromatic nitrogens is 4. The third-order valence-corrected chi connectivity index (χ3v) is 4.66. The van der Waals surface area contributed by atoms with E-state index in [1.807, 2.05) is 6.92 Å². The Bertz CT molecular complexity index is 1040. The van der Waals surface area contributed by atoms with Gasteiger partial charge < -0.3 is 4.90 Å². The maximum Gasteiger partial charge on any atom is 0.273 e. The summed E-state index contributed by atoms with van der Waals surface area (Å²) in [6, 6.07) is 5.06. The van der Waals surface area contributed by atoms with Crippen LogP contribution in [-0.4, -0.2) is 36.9 Å². The zero-order chi connectivity index (χ0) is 17.6. The molecule has 0 unspecified atom stereocenters. The van der Waals surface area contributed by atoms with Gasteiger partial charge in [-0.2, -0.15) is 5.10 Å². The quantitative estimate of drug-likeness (QED) is 0.758. The van der Waals surface area contributed by atoms with E-state index in [4.69, 9.17) is 11.6 Å². The maximum absolute atomic E-state index is 13.2. The summed E-state index contributed by atoms with van der Waals surface area (Å²) in [7, 11) is 0. The number of aryl methyl sites for hydroxylation is 1. The van der Waals surface area contributed by atoms with Crippen molar-refractivity contribution < 1.29 is 4.79 Å². The Hall–Kier alpha value is -2.67. The molecular formula is C17H16ClN5O2. The first kappa shape index (κ1) is 15.8. The van der Waals surface area contributed by atoms with Crippen molar-refractivity contribution in [3.05, 3.63) is 62.4 Å². The number of nitrogens with zero attached hydrogens (tertiary/aromatic N) is 4. The number of pyridine rings is 1. The van der Waals surface area contributed by atoms with Gasteiger partial charge in [-0.3, -0.25) is 14.0 Å². The number of aromatic amines is 1. The largest absolute Gasteiger partial charge is 0.333 e. The average Bonchev–Trinajstić information content (AvgIpc) is 2.98. The van der Waals surface area contributed by atoms with Gasteiger partial charge in [0.25, 0.3) is 11.5 Å². The van der Waals surface area contributed by atoms with E-state index in [1.54, 1.807) is 27.6 Å². The van der Waals surface area contributed by atoms with Crippen LogP contribution in [-0.2, 0) is 19.4 Å². The smallest absolute Gasteiger partial charge is 0.273 e. The highest BCUT2D eigenvalue weighted by molar-refractivity contribution is 6.30. The number of hydrogen-bond acceptors (Lipinski definition) is 4. The fourth-order valence-corrected chi connectivity index (χ4v) is 3.37. The summed E-state index contributed by atoms with van der Waals surface area (Å²) in [5.74, 6) is -0.113. The predicted molar refractivity (Wildman–Crippen MR) is 92.9 cm³/mol. The number of hydrogen-bond donors (Lipinski definition) is 1. The second kappa shape index (κ2) is 6.00. The van der Waals surface area contributed by atoms with Crippen LogP contribution in [0, 0.1) is 0 Å². The van der Waals surface area contributed by atoms with Gasteiger partial charge in [-0.25, -0.2) is 10.1 Å². The number of H-pyrrole nitrogens is 1. The van der Waals surface area contributed by atoms with Crippen molar-refractivity contribution in [1.29, 1.82) is 0 Å². The van der Waals surface area contributed by atoms with Crippen LogP contribution < -0.4 is 5.56 Å². The van der Waals surface area contributed by atoms with E-state index < -0.39 is 0 Å². The van der Waals surface area contributed by atoms with Crippen LogP contribution in [0.1, 0.15) is 34.4 Å². The molecule has 0 bridgehead atoms. The van der Waals surface area contributed by atoms with Crippen LogP contribution in [0.4, 0.5) is 0 Å². The van der Waals surface area contributed by atoms with E-state index in [1.165, 1.54) is 6.07 Å². The summed E-state index contributed by atoms with van der Waals surface area (Å²) in [5.41, 5.74) is 3.32. The van der Waals surface area contributed by atoms with Crippen molar-refractivity contribution in [1.82, 2.24) is 24.5 Å². The van der Waals surface area contributed by atoms with Crippen molar-refractivity contribution in [3.63, 3.8) is 0 Å². The van der Waals surface area contributed by atoms with Crippen LogP contribution in [0.25, 0.3) is 5.65 Å². The van der Waals surface area contributed by atoms with E-state index in [-0.39, 0.29) is 11.5 Å². The monoisotopic (exact) mass is 357 g/mol. The number of halogens is 1. The van der Waals surface area contributed by atoms with Crippen molar-refractivity contribution in [3.8, 4) is 0 Å². The molecule has 0 aliphatic carbocycles. The first-order chi connectivity index (χ1) is 12.1. The molecule has 0 spiro atoms. The Kier molecular flexibility index (Phi) is 3.80. The van der Waals surface area contributed by atoms with Gasteiger partial charge in [-0.15, -0.1) is 0 Å². The van der Waals surface area contributed by atoms with Crippen molar-refractivity contribution >= 4 is 23.2 Å². The molecule has 0 saturated heterocycles. The zero-order valence-electron chi connectivity index (χ0n) is 13.6. The highest BCUT2D eigenvalue weighted by Gasteiger charge is 2.27. The number of amides is 1. The number of nitrogens with one attached hydrogen (secondary N) is 1. The van der Waals surface area contributed by atoms with Crippen LogP contribution in [0.15, 0.2) is 29.2 Å². The molecule has 0 radical (unpaired) electrons. The van der Waals surface area contributed by atoms with E-state index >= 15 is 0 Å². The second-order valence-corrected chi connectivity index (χ2v) is 6.45. The number of imidazole rings is 1. The minimum atomic E-state index is -0.260. The average molecular weight is 358 g/mol. The molecule has 25 heavy (non-hydrogen) atoms. The number of fused-ring (bicyclic) bond motifs is 2. The van der Waals surface area contributed by atoms with Crippen LogP contribution in [0.2, 0.25) is 5.02 Å². The van der Waals surface area contributed by atoms with E-state index in [2.05, 4.69) is 15.2 Å². The molecule has 0 atom stereocenters. The molecule has 7 nitrogen and oxygen atoms in total. The lowest BCUT2D eigenvalue weighted by Crippen LogP contribution is -2.38. The van der Waals surface area contributed by atoms with Gasteiger partial charge in [0.2, 0.25) is 0 Å². The van der Waals surface area contributed by atoms with Gasteiger partial charge in [0.15, 0.2) is 0 Å². The molecule has 1 amide bonds. The van der Waals surface area contributed by atoms with Gasteiger partial charge in [-0.05, 0) is 18.6 Å². The van der Waals surface area contributed by atoms with Gasteiger partial charge >= 0.3 is 0 Å². The van der Waals surface area contributed by atoms with Crippen LogP contribution in [0.5, 0.6) is 0 Å². The molecule has 4 heterocycles. The fourth-order valence-electron chi connectivity index (χ4n) is 3.21. The summed E-state index contributed by atoms with van der Waals surface area (Å²) in [6.45, 7) is 2.87. The molecule has 1 aliphatic heterocycles. The van der Waals surface area contributed by atoms with Crippen LogP contribution in [0.3, 0.4) is 0 Å². The normalized spacial score (nSPS) is 13.9. The fraction of sp³-hybridized carbons (Fsp3) is 0.294. The molecular weight excluding hydrogens is 342 g/mol. The molecule has 1 aliphatic rings. The SMILES string of the molecule is CCc1nc2ccc(Cl)cn2c1C(=O)N1CCc2n[nH]c(=O)cc2C1. The van der Waals surface area contributed by atoms with Gasteiger partial charge in [-0.1, -0.05) is 18.5 Å². The highest BCUT2D eigenvalue weighted by atomic mass is 35.5. The molecule has 0 fully saturated rings. The zero-order valence-corrected chi connectivity index (χ0v) is 14.4. The lowest BCUT2D eigenvalue weighted by atomic mass is 10.1. The van der Waals surface area contributed by atoms with E-state index in [0.717, 1.165) is 17.0 Å². The Labute approximate surface area is 148 Å². The van der Waals surface area contributed by atoms with Gasteiger partial charge in [0.05, 0.1) is 16.4 Å². The van der Waals surface area contributed by atoms with Gasteiger partial charge in [0.1, 0.15) is 11.3 Å². The third kappa shape index (κ3) is 2.70. The summed E-state index contributed by atoms with van der Waals surface area (Å²) in [5, 5.41) is 7.04. The summed E-state index contributed by atoms with van der Waals surface area (Å²) >= 11 is 6.10. The Morgan fingerprint density at radius 3 is 3.04 bits per heavy atom. The standard InChI is InChI=1S/C17H16ClN5O2/c1-2-12-16(23-9-11(18)3-4-14(23)19-12)17(25)22-6-5-13-10(8-22)7-15(24)21-20-13/h3-4,7,9H,2,5-6,8H2,1H3,(H,21,24). The molecule has 1 N–H and O–H groups in total. The molecule has 0 saturated carbocycles. The topological polar surface area (TPSA) is 83.4 Å². The van der Waals surface area contributed by atoms with E-state index in [9.17, 15) is 9.59 Å². The number of carbonyl (C=O) groups excluding carboxylic acids is 1. The molecule has 0 aromatic carbocycles. The molecule has 128 valence electrons. The van der Waals surface area contributed by atoms with E-state index in [0.29, 0.717) is 42.3 Å². The first-order valence-corrected chi connectivity index (χ1v) is 8.48. The van der Waals surface area contributed by atoms with Crippen molar-refractivity contribution in [2.45, 2.75) is 26.3 Å². The highest BCUT2D eigenvalue weighted by Crippen LogP contribution is 2.22. The Morgan fingerprint density at radius 2 is 2.24 bits per heavy atom. The molecule has 4 rings (SSSR count). The molecule has 8 heteroatoms. The predicted octanol–water partition coefficient (Wildman–Crippen LogP) is 1.83. The second-order valence-electron chi connectivity index (χ2n) is 6.02. The minimum absolute atomic E-state index is 0.113. The lowest BCUT2D eigenvalue weighted by Gasteiger charge is -2.27. The van der Waals surface area contributed by atoms with Crippen molar-refractivity contribution in [2.24, 2.45) is 0 Å². The molecule has 3 aromatic rings. The first-order valence-electron chi connectivity index (χ1n) is 8.10. The van der Waals surface area contributed by atoms with Crippen molar-refractivity contribution in [2.75, 3.05) is 6.54 Å². The Morgan fingerprint density at radius 1 is 1.40 bits per heavy atom. The maximum atomic E-state index is 13.2. The Balaban J connectivity index is 1.75.